The van der Waals surface area contributed by atoms with E-state index >= 15 is 0 Å². The van der Waals surface area contributed by atoms with E-state index < -0.39 is 0 Å². The number of benzene rings is 2. The molecule has 0 spiro atoms. The summed E-state index contributed by atoms with van der Waals surface area (Å²) >= 11 is 6.99. The van der Waals surface area contributed by atoms with Gasteiger partial charge < -0.3 is 10.5 Å². The average Bonchev–Trinajstić information content (AvgIpc) is 2.39. The highest BCUT2D eigenvalue weighted by Gasteiger charge is 2.04. The second-order valence-corrected chi connectivity index (χ2v) is 5.56. The van der Waals surface area contributed by atoms with E-state index in [2.05, 4.69) is 31.9 Å². The van der Waals surface area contributed by atoms with Crippen molar-refractivity contribution in [2.45, 2.75) is 13.2 Å². The van der Waals surface area contributed by atoms with Crippen molar-refractivity contribution in [2.24, 2.45) is 5.73 Å². The van der Waals surface area contributed by atoms with Crippen LogP contribution in [0.2, 0.25) is 0 Å². The summed E-state index contributed by atoms with van der Waals surface area (Å²) in [6, 6.07) is 13.9. The lowest BCUT2D eigenvalue weighted by atomic mass is 10.2. The van der Waals surface area contributed by atoms with Crippen LogP contribution in [-0.4, -0.2) is 0 Å². The van der Waals surface area contributed by atoms with E-state index in [0.717, 1.165) is 25.8 Å². The van der Waals surface area contributed by atoms with Crippen LogP contribution < -0.4 is 10.5 Å². The number of nitrogens with two attached hydrogens (primary N) is 1. The molecule has 0 atom stereocenters. The van der Waals surface area contributed by atoms with E-state index in [0.29, 0.717) is 13.2 Å². The fourth-order valence-electron chi connectivity index (χ4n) is 1.56. The van der Waals surface area contributed by atoms with Crippen molar-refractivity contribution in [3.63, 3.8) is 0 Å². The van der Waals surface area contributed by atoms with Crippen LogP contribution >= 0.6 is 31.9 Å². The number of hydrogen-bond acceptors (Lipinski definition) is 2. The Hall–Kier alpha value is -0.840. The zero-order valence-electron chi connectivity index (χ0n) is 9.70. The number of halogens is 2. The van der Waals surface area contributed by atoms with Crippen molar-refractivity contribution in [1.29, 1.82) is 0 Å². The Morgan fingerprint density at radius 3 is 2.44 bits per heavy atom. The Balaban J connectivity index is 2.09. The molecule has 0 saturated carbocycles. The van der Waals surface area contributed by atoms with Crippen LogP contribution in [0.3, 0.4) is 0 Å². The molecule has 0 heterocycles. The third kappa shape index (κ3) is 3.34. The summed E-state index contributed by atoms with van der Waals surface area (Å²) in [7, 11) is 0. The fraction of sp³-hybridized carbons (Fsp3) is 0.143. The first-order valence-corrected chi connectivity index (χ1v) is 7.14. The van der Waals surface area contributed by atoms with Gasteiger partial charge in [-0.2, -0.15) is 0 Å². The Bertz CT molecular complexity index is 543. The molecule has 0 saturated heterocycles. The average molecular weight is 371 g/mol. The molecule has 0 aliphatic carbocycles. The van der Waals surface area contributed by atoms with Gasteiger partial charge in [-0.15, -0.1) is 0 Å². The number of rotatable bonds is 4. The summed E-state index contributed by atoms with van der Waals surface area (Å²) in [5.41, 5.74) is 7.78. The smallest absolute Gasteiger partial charge is 0.134 e. The highest BCUT2D eigenvalue weighted by molar-refractivity contribution is 9.10. The second kappa shape index (κ2) is 6.36. The summed E-state index contributed by atoms with van der Waals surface area (Å²) in [6.07, 6.45) is 0. The van der Waals surface area contributed by atoms with Gasteiger partial charge in [0.1, 0.15) is 12.4 Å². The lowest BCUT2D eigenvalue weighted by Crippen LogP contribution is -1.99. The molecule has 0 aliphatic rings. The molecule has 94 valence electrons. The molecule has 2 rings (SSSR count). The molecule has 0 radical (unpaired) electrons. The molecule has 0 amide bonds. The Labute approximate surface area is 123 Å². The second-order valence-electron chi connectivity index (χ2n) is 3.85. The standard InChI is InChI=1S/C14H13Br2NO/c15-12-4-2-1-3-11(12)9-18-14-6-5-10(8-17)7-13(14)16/h1-7H,8-9,17H2. The van der Waals surface area contributed by atoms with Crippen LogP contribution in [0, 0.1) is 0 Å². The van der Waals surface area contributed by atoms with Gasteiger partial charge in [-0.05, 0) is 39.7 Å². The molecule has 0 bridgehead atoms. The van der Waals surface area contributed by atoms with Gasteiger partial charge in [-0.3, -0.25) is 0 Å². The van der Waals surface area contributed by atoms with E-state index in [1.165, 1.54) is 0 Å². The zero-order chi connectivity index (χ0) is 13.0. The lowest BCUT2D eigenvalue weighted by Gasteiger charge is -2.10. The maximum Gasteiger partial charge on any atom is 0.134 e. The monoisotopic (exact) mass is 369 g/mol. The van der Waals surface area contributed by atoms with Crippen molar-refractivity contribution < 1.29 is 4.74 Å². The molecule has 0 fully saturated rings. The van der Waals surface area contributed by atoms with Crippen molar-refractivity contribution in [3.05, 3.63) is 62.5 Å². The molecule has 2 aromatic rings. The van der Waals surface area contributed by atoms with Gasteiger partial charge >= 0.3 is 0 Å². The molecule has 2 nitrogen and oxygen atoms in total. The quantitative estimate of drug-likeness (QED) is 0.873. The first kappa shape index (κ1) is 13.6. The van der Waals surface area contributed by atoms with Gasteiger partial charge in [0.15, 0.2) is 0 Å². The summed E-state index contributed by atoms with van der Waals surface area (Å²) in [5, 5.41) is 0. The number of hydrogen-bond donors (Lipinski definition) is 1. The minimum absolute atomic E-state index is 0.530. The predicted molar refractivity (Wildman–Crippen MR) is 80.5 cm³/mol. The molecule has 0 unspecified atom stereocenters. The first-order valence-electron chi connectivity index (χ1n) is 5.55. The third-order valence-corrected chi connectivity index (χ3v) is 3.97. The van der Waals surface area contributed by atoms with Gasteiger partial charge in [-0.25, -0.2) is 0 Å². The van der Waals surface area contributed by atoms with E-state index in [9.17, 15) is 0 Å². The minimum atomic E-state index is 0.530. The van der Waals surface area contributed by atoms with Crippen molar-refractivity contribution in [3.8, 4) is 5.75 Å². The number of ether oxygens (including phenoxy) is 1. The van der Waals surface area contributed by atoms with Gasteiger partial charge in [-0.1, -0.05) is 40.2 Å². The Morgan fingerprint density at radius 2 is 1.78 bits per heavy atom. The summed E-state index contributed by atoms with van der Waals surface area (Å²) in [6.45, 7) is 1.06. The maximum atomic E-state index is 5.79. The molecular weight excluding hydrogens is 358 g/mol. The summed E-state index contributed by atoms with van der Waals surface area (Å²) in [4.78, 5) is 0. The molecule has 2 aromatic carbocycles. The summed E-state index contributed by atoms with van der Waals surface area (Å²) in [5.74, 6) is 0.822. The molecule has 18 heavy (non-hydrogen) atoms. The first-order chi connectivity index (χ1) is 8.70. The van der Waals surface area contributed by atoms with Crippen molar-refractivity contribution >= 4 is 31.9 Å². The zero-order valence-corrected chi connectivity index (χ0v) is 12.9. The minimum Gasteiger partial charge on any atom is -0.488 e. The van der Waals surface area contributed by atoms with E-state index in [-0.39, 0.29) is 0 Å². The van der Waals surface area contributed by atoms with Crippen LogP contribution in [0.4, 0.5) is 0 Å². The summed E-state index contributed by atoms with van der Waals surface area (Å²) < 4.78 is 7.77. The van der Waals surface area contributed by atoms with Crippen LogP contribution in [-0.2, 0) is 13.2 Å². The lowest BCUT2D eigenvalue weighted by molar-refractivity contribution is 0.303. The molecule has 2 N–H and O–H groups in total. The normalized spacial score (nSPS) is 10.4. The van der Waals surface area contributed by atoms with E-state index in [1.807, 2.05) is 42.5 Å². The third-order valence-electron chi connectivity index (χ3n) is 2.57. The van der Waals surface area contributed by atoms with Crippen LogP contribution in [0.5, 0.6) is 5.75 Å². The Kier molecular flexibility index (Phi) is 4.80. The van der Waals surface area contributed by atoms with Gasteiger partial charge in [0.25, 0.3) is 0 Å². The van der Waals surface area contributed by atoms with Gasteiger partial charge in [0.2, 0.25) is 0 Å². The highest BCUT2D eigenvalue weighted by Crippen LogP contribution is 2.27. The Morgan fingerprint density at radius 1 is 1.00 bits per heavy atom. The van der Waals surface area contributed by atoms with Crippen LogP contribution in [0.1, 0.15) is 11.1 Å². The molecular formula is C14H13Br2NO. The topological polar surface area (TPSA) is 35.2 Å². The molecule has 0 aromatic heterocycles. The van der Waals surface area contributed by atoms with Gasteiger partial charge in [0, 0.05) is 16.6 Å². The SMILES string of the molecule is NCc1ccc(OCc2ccccc2Br)c(Br)c1. The fourth-order valence-corrected chi connectivity index (χ4v) is 2.50. The van der Waals surface area contributed by atoms with Crippen LogP contribution in [0.25, 0.3) is 0 Å². The largest absolute Gasteiger partial charge is 0.488 e. The maximum absolute atomic E-state index is 5.79. The van der Waals surface area contributed by atoms with Crippen LogP contribution in [0.15, 0.2) is 51.4 Å². The molecule has 0 aliphatic heterocycles. The van der Waals surface area contributed by atoms with E-state index in [1.54, 1.807) is 0 Å². The van der Waals surface area contributed by atoms with Gasteiger partial charge in [0.05, 0.1) is 4.47 Å². The predicted octanol–water partition coefficient (Wildman–Crippen LogP) is 4.25. The van der Waals surface area contributed by atoms with Crippen molar-refractivity contribution in [2.75, 3.05) is 0 Å². The molecule has 4 heteroatoms. The van der Waals surface area contributed by atoms with Crippen molar-refractivity contribution in [1.82, 2.24) is 0 Å². The highest BCUT2D eigenvalue weighted by atomic mass is 79.9. The van der Waals surface area contributed by atoms with E-state index in [4.69, 9.17) is 10.5 Å².